The summed E-state index contributed by atoms with van der Waals surface area (Å²) in [6.45, 7) is 1.48. The zero-order chi connectivity index (χ0) is 22.9. The third-order valence-corrected chi connectivity index (χ3v) is 5.87. The van der Waals surface area contributed by atoms with Crippen LogP contribution in [-0.4, -0.2) is 34.7 Å². The van der Waals surface area contributed by atoms with Gasteiger partial charge in [0.25, 0.3) is 11.6 Å². The summed E-state index contributed by atoms with van der Waals surface area (Å²) >= 11 is 0. The Morgan fingerprint density at radius 2 is 1.75 bits per heavy atom. The van der Waals surface area contributed by atoms with Crippen molar-refractivity contribution in [1.29, 1.82) is 0 Å². The van der Waals surface area contributed by atoms with Gasteiger partial charge in [-0.1, -0.05) is 37.5 Å². The molecule has 0 aliphatic heterocycles. The standard InChI is InChI=1S/C24H30N4O4/c25-15-6-16-27(24(30)19-7-2-1-3-8-19)17-20-9-4-5-10-22(20)26-23(29)18-11-13-21(14-12-18)28(31)32/h4-5,9-14,19H,1-3,6-8,15-17,25H2,(H,26,29). The second kappa shape index (κ2) is 11.4. The highest BCUT2D eigenvalue weighted by atomic mass is 16.6. The lowest BCUT2D eigenvalue weighted by molar-refractivity contribution is -0.384. The number of nitrogens with zero attached hydrogens (tertiary/aromatic N) is 2. The topological polar surface area (TPSA) is 119 Å². The minimum atomic E-state index is -0.504. The number of hydrogen-bond acceptors (Lipinski definition) is 5. The Morgan fingerprint density at radius 3 is 2.41 bits per heavy atom. The van der Waals surface area contributed by atoms with Crippen LogP contribution in [0.25, 0.3) is 0 Å². The smallest absolute Gasteiger partial charge is 0.269 e. The minimum Gasteiger partial charge on any atom is -0.338 e. The molecule has 3 rings (SSSR count). The van der Waals surface area contributed by atoms with E-state index in [9.17, 15) is 19.7 Å². The molecule has 0 heterocycles. The van der Waals surface area contributed by atoms with Crippen molar-refractivity contribution in [3.63, 3.8) is 0 Å². The van der Waals surface area contributed by atoms with E-state index in [2.05, 4.69) is 5.32 Å². The van der Waals surface area contributed by atoms with Crippen LogP contribution in [0.4, 0.5) is 11.4 Å². The lowest BCUT2D eigenvalue weighted by Gasteiger charge is -2.30. The van der Waals surface area contributed by atoms with Crippen molar-refractivity contribution in [1.82, 2.24) is 4.90 Å². The summed E-state index contributed by atoms with van der Waals surface area (Å²) in [5.74, 6) is -0.141. The molecule has 3 N–H and O–H groups in total. The summed E-state index contributed by atoms with van der Waals surface area (Å²) < 4.78 is 0. The van der Waals surface area contributed by atoms with Crippen LogP contribution in [0.5, 0.6) is 0 Å². The summed E-state index contributed by atoms with van der Waals surface area (Å²) in [5, 5.41) is 13.7. The van der Waals surface area contributed by atoms with Gasteiger partial charge in [-0.05, 0) is 49.6 Å². The van der Waals surface area contributed by atoms with Crippen molar-refractivity contribution in [3.8, 4) is 0 Å². The van der Waals surface area contributed by atoms with Crippen molar-refractivity contribution in [2.75, 3.05) is 18.4 Å². The number of non-ortho nitro benzene ring substituents is 1. The predicted molar refractivity (Wildman–Crippen MR) is 123 cm³/mol. The van der Waals surface area contributed by atoms with E-state index in [1.807, 2.05) is 23.1 Å². The van der Waals surface area contributed by atoms with Gasteiger partial charge in [-0.15, -0.1) is 0 Å². The van der Waals surface area contributed by atoms with E-state index in [1.54, 1.807) is 6.07 Å². The molecule has 32 heavy (non-hydrogen) atoms. The predicted octanol–water partition coefficient (Wildman–Crippen LogP) is 4.10. The van der Waals surface area contributed by atoms with Crippen molar-refractivity contribution >= 4 is 23.2 Å². The molecule has 1 aliphatic carbocycles. The van der Waals surface area contributed by atoms with Crippen LogP contribution in [-0.2, 0) is 11.3 Å². The summed E-state index contributed by atoms with van der Waals surface area (Å²) in [6.07, 6.45) is 5.93. The number of nitrogens with one attached hydrogen (secondary N) is 1. The molecule has 0 unspecified atom stereocenters. The number of nitro benzene ring substituents is 1. The molecular weight excluding hydrogens is 408 g/mol. The lowest BCUT2D eigenvalue weighted by Crippen LogP contribution is -2.38. The lowest BCUT2D eigenvalue weighted by atomic mass is 9.88. The van der Waals surface area contributed by atoms with E-state index >= 15 is 0 Å². The quantitative estimate of drug-likeness (QED) is 0.451. The Labute approximate surface area is 187 Å². The molecule has 0 spiro atoms. The fraction of sp³-hybridized carbons (Fsp3) is 0.417. The number of nitro groups is 1. The number of nitrogens with two attached hydrogens (primary N) is 1. The molecular formula is C24H30N4O4. The number of rotatable bonds is 9. The van der Waals surface area contributed by atoms with Crippen molar-refractivity contribution in [3.05, 3.63) is 69.8 Å². The monoisotopic (exact) mass is 438 g/mol. The second-order valence-electron chi connectivity index (χ2n) is 8.15. The molecule has 0 atom stereocenters. The maximum atomic E-state index is 13.2. The van der Waals surface area contributed by atoms with E-state index in [4.69, 9.17) is 5.73 Å². The number of benzene rings is 2. The van der Waals surface area contributed by atoms with Gasteiger partial charge < -0.3 is 16.0 Å². The summed E-state index contributed by atoms with van der Waals surface area (Å²) in [6, 6.07) is 12.9. The molecule has 1 aliphatic rings. The normalized spacial score (nSPS) is 14.0. The highest BCUT2D eigenvalue weighted by molar-refractivity contribution is 6.04. The summed E-state index contributed by atoms with van der Waals surface area (Å²) in [4.78, 5) is 38.1. The zero-order valence-electron chi connectivity index (χ0n) is 18.2. The first kappa shape index (κ1) is 23.4. The van der Waals surface area contributed by atoms with Gasteiger partial charge in [-0.2, -0.15) is 0 Å². The molecule has 2 amide bonds. The van der Waals surface area contributed by atoms with Gasteiger partial charge in [-0.25, -0.2) is 0 Å². The third-order valence-electron chi connectivity index (χ3n) is 5.87. The Kier molecular flexibility index (Phi) is 8.33. The van der Waals surface area contributed by atoms with E-state index < -0.39 is 4.92 Å². The van der Waals surface area contributed by atoms with E-state index in [-0.39, 0.29) is 23.4 Å². The molecule has 0 bridgehead atoms. The minimum absolute atomic E-state index is 0.0587. The summed E-state index contributed by atoms with van der Waals surface area (Å²) in [7, 11) is 0. The first-order valence-electron chi connectivity index (χ1n) is 11.1. The fourth-order valence-electron chi connectivity index (χ4n) is 4.07. The molecule has 0 radical (unpaired) electrons. The number of carbonyl (C=O) groups is 2. The van der Waals surface area contributed by atoms with Crippen molar-refractivity contribution < 1.29 is 14.5 Å². The number of carbonyl (C=O) groups excluding carboxylic acids is 2. The van der Waals surface area contributed by atoms with E-state index in [0.29, 0.717) is 30.9 Å². The third kappa shape index (κ3) is 6.13. The number of amides is 2. The highest BCUT2D eigenvalue weighted by Gasteiger charge is 2.26. The largest absolute Gasteiger partial charge is 0.338 e. The van der Waals surface area contributed by atoms with Gasteiger partial charge in [0.2, 0.25) is 5.91 Å². The van der Waals surface area contributed by atoms with Gasteiger partial charge in [0, 0.05) is 42.4 Å². The first-order valence-corrected chi connectivity index (χ1v) is 11.1. The Morgan fingerprint density at radius 1 is 1.06 bits per heavy atom. The van der Waals surface area contributed by atoms with Crippen LogP contribution >= 0.6 is 0 Å². The van der Waals surface area contributed by atoms with Gasteiger partial charge >= 0.3 is 0 Å². The van der Waals surface area contributed by atoms with Crippen molar-refractivity contribution in [2.24, 2.45) is 11.7 Å². The molecule has 2 aromatic carbocycles. The highest BCUT2D eigenvalue weighted by Crippen LogP contribution is 2.27. The van der Waals surface area contributed by atoms with Crippen LogP contribution in [0, 0.1) is 16.0 Å². The van der Waals surface area contributed by atoms with Gasteiger partial charge in [0.15, 0.2) is 0 Å². The molecule has 8 nitrogen and oxygen atoms in total. The Bertz CT molecular complexity index is 939. The second-order valence-corrected chi connectivity index (χ2v) is 8.15. The number of anilines is 1. The Hall–Kier alpha value is -3.26. The van der Waals surface area contributed by atoms with Crippen LogP contribution < -0.4 is 11.1 Å². The van der Waals surface area contributed by atoms with E-state index in [1.165, 1.54) is 30.7 Å². The van der Waals surface area contributed by atoms with E-state index in [0.717, 1.165) is 37.7 Å². The maximum absolute atomic E-state index is 13.2. The van der Waals surface area contributed by atoms with Crippen LogP contribution in [0.2, 0.25) is 0 Å². The number of para-hydroxylation sites is 1. The molecule has 2 aromatic rings. The number of hydrogen-bond donors (Lipinski definition) is 2. The maximum Gasteiger partial charge on any atom is 0.269 e. The summed E-state index contributed by atoms with van der Waals surface area (Å²) in [5.41, 5.74) is 7.41. The van der Waals surface area contributed by atoms with Gasteiger partial charge in [0.05, 0.1) is 4.92 Å². The first-order chi connectivity index (χ1) is 15.5. The average Bonchev–Trinajstić information content (AvgIpc) is 2.83. The fourth-order valence-corrected chi connectivity index (χ4v) is 4.07. The average molecular weight is 439 g/mol. The molecule has 1 saturated carbocycles. The molecule has 170 valence electrons. The van der Waals surface area contributed by atoms with Crippen LogP contribution in [0.3, 0.4) is 0 Å². The Balaban J connectivity index is 1.75. The van der Waals surface area contributed by atoms with Crippen LogP contribution in [0.15, 0.2) is 48.5 Å². The SMILES string of the molecule is NCCCN(Cc1ccccc1NC(=O)c1ccc([N+](=O)[O-])cc1)C(=O)C1CCCCC1. The van der Waals surface area contributed by atoms with Crippen LogP contribution in [0.1, 0.15) is 54.4 Å². The molecule has 0 aromatic heterocycles. The molecule has 0 saturated heterocycles. The van der Waals surface area contributed by atoms with Gasteiger partial charge in [0.1, 0.15) is 0 Å². The van der Waals surface area contributed by atoms with Gasteiger partial charge in [-0.3, -0.25) is 19.7 Å². The zero-order valence-corrected chi connectivity index (χ0v) is 18.2. The van der Waals surface area contributed by atoms with Crippen molar-refractivity contribution in [2.45, 2.75) is 45.1 Å². The molecule has 1 fully saturated rings. The molecule has 8 heteroatoms.